The predicted octanol–water partition coefficient (Wildman–Crippen LogP) is 2.42. The molecule has 0 fully saturated rings. The predicted molar refractivity (Wildman–Crippen MR) is 54.4 cm³/mol. The van der Waals surface area contributed by atoms with Crippen LogP contribution in [0.1, 0.15) is 11.6 Å². The Morgan fingerprint density at radius 2 is 2.23 bits per heavy atom. The third-order valence-corrected chi connectivity index (χ3v) is 2.86. The van der Waals surface area contributed by atoms with E-state index < -0.39 is 6.04 Å². The van der Waals surface area contributed by atoms with Crippen molar-refractivity contribution in [3.63, 3.8) is 0 Å². The van der Waals surface area contributed by atoms with E-state index in [2.05, 4.69) is 6.07 Å². The molecule has 0 unspecified atom stereocenters. The molecule has 0 bridgehead atoms. The van der Waals surface area contributed by atoms with Crippen LogP contribution in [0.15, 0.2) is 29.6 Å². The molecule has 1 heterocycles. The molecule has 2 rings (SSSR count). The van der Waals surface area contributed by atoms with Gasteiger partial charge in [-0.25, -0.2) is 0 Å². The van der Waals surface area contributed by atoms with Crippen LogP contribution in [0, 0.1) is 11.3 Å². The first-order valence-corrected chi connectivity index (χ1v) is 4.81. The van der Waals surface area contributed by atoms with Crippen molar-refractivity contribution in [2.75, 3.05) is 0 Å². The highest BCUT2D eigenvalue weighted by atomic mass is 32.1. The second-order valence-electron chi connectivity index (χ2n) is 2.82. The molecular formula is C10H8N2S. The lowest BCUT2D eigenvalue weighted by molar-refractivity contribution is 0.929. The number of fused-ring (bicyclic) bond motifs is 1. The molecule has 0 aliphatic carbocycles. The lowest BCUT2D eigenvalue weighted by Gasteiger charge is -2.01. The molecule has 64 valence electrons. The fraction of sp³-hybridized carbons (Fsp3) is 0.100. The molecule has 0 saturated carbocycles. The van der Waals surface area contributed by atoms with Crippen molar-refractivity contribution in [1.29, 1.82) is 5.26 Å². The molecule has 2 aromatic rings. The SMILES string of the molecule is N#C[C@H](N)c1ccc2ccsc2c1. The van der Waals surface area contributed by atoms with E-state index in [0.29, 0.717) is 0 Å². The Morgan fingerprint density at radius 1 is 1.38 bits per heavy atom. The largest absolute Gasteiger partial charge is 0.312 e. The summed E-state index contributed by atoms with van der Waals surface area (Å²) in [6, 6.07) is 9.45. The molecule has 13 heavy (non-hydrogen) atoms. The summed E-state index contributed by atoms with van der Waals surface area (Å²) in [6.45, 7) is 0. The zero-order chi connectivity index (χ0) is 9.26. The summed E-state index contributed by atoms with van der Waals surface area (Å²) in [5, 5.41) is 11.9. The van der Waals surface area contributed by atoms with Crippen LogP contribution in [0.2, 0.25) is 0 Å². The summed E-state index contributed by atoms with van der Waals surface area (Å²) in [6.07, 6.45) is 0. The minimum atomic E-state index is -0.508. The highest BCUT2D eigenvalue weighted by Gasteiger charge is 2.04. The van der Waals surface area contributed by atoms with E-state index in [9.17, 15) is 0 Å². The molecule has 2 nitrogen and oxygen atoms in total. The van der Waals surface area contributed by atoms with Crippen molar-refractivity contribution in [1.82, 2.24) is 0 Å². The highest BCUT2D eigenvalue weighted by molar-refractivity contribution is 7.17. The first-order chi connectivity index (χ1) is 6.31. The van der Waals surface area contributed by atoms with Crippen LogP contribution in [0.3, 0.4) is 0 Å². The van der Waals surface area contributed by atoms with Crippen molar-refractivity contribution >= 4 is 21.4 Å². The Labute approximate surface area is 80.2 Å². The van der Waals surface area contributed by atoms with Gasteiger partial charge < -0.3 is 5.73 Å². The van der Waals surface area contributed by atoms with Crippen LogP contribution in [-0.2, 0) is 0 Å². The molecule has 2 N–H and O–H groups in total. The van der Waals surface area contributed by atoms with Gasteiger partial charge in [0.05, 0.1) is 6.07 Å². The summed E-state index contributed by atoms with van der Waals surface area (Å²) in [5.41, 5.74) is 6.48. The summed E-state index contributed by atoms with van der Waals surface area (Å²) in [5.74, 6) is 0. The van der Waals surface area contributed by atoms with Gasteiger partial charge in [-0.2, -0.15) is 5.26 Å². The maximum Gasteiger partial charge on any atom is 0.118 e. The number of hydrogen-bond acceptors (Lipinski definition) is 3. The quantitative estimate of drug-likeness (QED) is 0.747. The van der Waals surface area contributed by atoms with Gasteiger partial charge in [-0.05, 0) is 28.5 Å². The molecule has 3 heteroatoms. The van der Waals surface area contributed by atoms with Gasteiger partial charge in [0.1, 0.15) is 6.04 Å². The average Bonchev–Trinajstić information content (AvgIpc) is 2.63. The van der Waals surface area contributed by atoms with Crippen LogP contribution in [0.5, 0.6) is 0 Å². The van der Waals surface area contributed by atoms with Crippen LogP contribution in [-0.4, -0.2) is 0 Å². The second-order valence-corrected chi connectivity index (χ2v) is 3.77. The third-order valence-electron chi connectivity index (χ3n) is 1.98. The van der Waals surface area contributed by atoms with Gasteiger partial charge in [0, 0.05) is 4.70 Å². The number of nitriles is 1. The third kappa shape index (κ3) is 1.42. The molecule has 0 spiro atoms. The Kier molecular flexibility index (Phi) is 2.01. The molecule has 1 aromatic carbocycles. The van der Waals surface area contributed by atoms with Crippen molar-refractivity contribution in [2.45, 2.75) is 6.04 Å². The Hall–Kier alpha value is -1.37. The lowest BCUT2D eigenvalue weighted by atomic mass is 10.1. The molecule has 0 radical (unpaired) electrons. The van der Waals surface area contributed by atoms with E-state index in [-0.39, 0.29) is 0 Å². The Balaban J connectivity index is 2.55. The molecule has 0 amide bonds. The van der Waals surface area contributed by atoms with Crippen LogP contribution < -0.4 is 5.73 Å². The number of rotatable bonds is 1. The number of nitrogens with zero attached hydrogens (tertiary/aromatic N) is 1. The smallest absolute Gasteiger partial charge is 0.118 e. The fourth-order valence-electron chi connectivity index (χ4n) is 1.24. The van der Waals surface area contributed by atoms with E-state index in [1.54, 1.807) is 11.3 Å². The standard InChI is InChI=1S/C10H8N2S/c11-6-9(12)8-2-1-7-3-4-13-10(7)5-8/h1-5,9H,12H2/t9-/m0/s1. The minimum Gasteiger partial charge on any atom is -0.312 e. The summed E-state index contributed by atoms with van der Waals surface area (Å²) in [7, 11) is 0. The van der Waals surface area contributed by atoms with E-state index in [1.807, 2.05) is 29.6 Å². The summed E-state index contributed by atoms with van der Waals surface area (Å²) in [4.78, 5) is 0. The van der Waals surface area contributed by atoms with Gasteiger partial charge >= 0.3 is 0 Å². The first kappa shape index (κ1) is 8.24. The molecular weight excluding hydrogens is 180 g/mol. The monoisotopic (exact) mass is 188 g/mol. The number of nitrogens with two attached hydrogens (primary N) is 1. The van der Waals surface area contributed by atoms with Gasteiger partial charge in [-0.15, -0.1) is 11.3 Å². The zero-order valence-electron chi connectivity index (χ0n) is 6.90. The maximum atomic E-state index is 8.64. The highest BCUT2D eigenvalue weighted by Crippen LogP contribution is 2.23. The molecule has 0 aliphatic heterocycles. The van der Waals surface area contributed by atoms with Crippen molar-refractivity contribution in [2.24, 2.45) is 5.73 Å². The van der Waals surface area contributed by atoms with Gasteiger partial charge in [-0.3, -0.25) is 0 Å². The van der Waals surface area contributed by atoms with E-state index >= 15 is 0 Å². The first-order valence-electron chi connectivity index (χ1n) is 3.93. The topological polar surface area (TPSA) is 49.8 Å². The van der Waals surface area contributed by atoms with Crippen LogP contribution >= 0.6 is 11.3 Å². The molecule has 0 aliphatic rings. The number of hydrogen-bond donors (Lipinski definition) is 1. The Morgan fingerprint density at radius 3 is 3.00 bits per heavy atom. The number of thiophene rings is 1. The normalized spacial score (nSPS) is 12.6. The van der Waals surface area contributed by atoms with Gasteiger partial charge in [-0.1, -0.05) is 12.1 Å². The number of benzene rings is 1. The second kappa shape index (κ2) is 3.17. The maximum absolute atomic E-state index is 8.64. The van der Waals surface area contributed by atoms with Crippen LogP contribution in [0.25, 0.3) is 10.1 Å². The Bertz CT molecular complexity index is 467. The van der Waals surface area contributed by atoms with Crippen LogP contribution in [0.4, 0.5) is 0 Å². The van der Waals surface area contributed by atoms with Crippen molar-refractivity contribution in [3.8, 4) is 6.07 Å². The van der Waals surface area contributed by atoms with Crippen molar-refractivity contribution < 1.29 is 0 Å². The fourth-order valence-corrected chi connectivity index (χ4v) is 2.08. The summed E-state index contributed by atoms with van der Waals surface area (Å²) < 4.78 is 1.18. The van der Waals surface area contributed by atoms with E-state index in [1.165, 1.54) is 10.1 Å². The minimum absolute atomic E-state index is 0.508. The molecule has 1 aromatic heterocycles. The zero-order valence-corrected chi connectivity index (χ0v) is 7.71. The van der Waals surface area contributed by atoms with Crippen molar-refractivity contribution in [3.05, 3.63) is 35.2 Å². The van der Waals surface area contributed by atoms with Gasteiger partial charge in [0.25, 0.3) is 0 Å². The summed E-state index contributed by atoms with van der Waals surface area (Å²) >= 11 is 1.66. The lowest BCUT2D eigenvalue weighted by Crippen LogP contribution is -2.06. The average molecular weight is 188 g/mol. The van der Waals surface area contributed by atoms with Gasteiger partial charge in [0.15, 0.2) is 0 Å². The molecule has 0 saturated heterocycles. The van der Waals surface area contributed by atoms with E-state index in [0.717, 1.165) is 5.56 Å². The van der Waals surface area contributed by atoms with Gasteiger partial charge in [0.2, 0.25) is 0 Å². The molecule has 1 atom stereocenters. The van der Waals surface area contributed by atoms with E-state index in [4.69, 9.17) is 11.0 Å².